The summed E-state index contributed by atoms with van der Waals surface area (Å²) in [6.45, 7) is 3.66. The fourth-order valence-corrected chi connectivity index (χ4v) is 2.57. The maximum atomic E-state index is 13.0. The largest absolute Gasteiger partial charge is 0.396 e. The van der Waals surface area contributed by atoms with Crippen LogP contribution in [-0.2, 0) is 10.2 Å². The predicted molar refractivity (Wildman–Crippen MR) is 81.4 cm³/mol. The minimum absolute atomic E-state index is 0.0441. The van der Waals surface area contributed by atoms with Crippen LogP contribution in [0.25, 0.3) is 0 Å². The van der Waals surface area contributed by atoms with E-state index >= 15 is 0 Å². The third kappa shape index (κ3) is 4.49. The van der Waals surface area contributed by atoms with Gasteiger partial charge in [0.15, 0.2) is 0 Å². The number of halogens is 1. The summed E-state index contributed by atoms with van der Waals surface area (Å²) in [5, 5.41) is 12.0. The van der Waals surface area contributed by atoms with Crippen LogP contribution in [0.3, 0.4) is 0 Å². The Hall–Kier alpha value is -1.07. The van der Waals surface area contributed by atoms with Gasteiger partial charge in [0.05, 0.1) is 5.41 Å². The molecule has 1 rings (SSSR count). The second-order valence-electron chi connectivity index (χ2n) is 5.27. The van der Waals surface area contributed by atoms with E-state index in [1.807, 2.05) is 20.1 Å². The molecule has 0 aromatic heterocycles. The first-order chi connectivity index (χ1) is 9.41. The first-order valence-electron chi connectivity index (χ1n) is 6.58. The number of hydrogen-bond donors (Lipinski definition) is 2. The fourth-order valence-electron chi connectivity index (χ4n) is 1.92. The van der Waals surface area contributed by atoms with E-state index in [4.69, 9.17) is 5.11 Å². The van der Waals surface area contributed by atoms with Gasteiger partial charge in [-0.25, -0.2) is 4.39 Å². The Labute approximate surface area is 124 Å². The van der Waals surface area contributed by atoms with Crippen molar-refractivity contribution in [3.63, 3.8) is 0 Å². The van der Waals surface area contributed by atoms with E-state index in [2.05, 4.69) is 5.32 Å². The number of aliphatic hydroxyl groups excluding tert-OH is 1. The first kappa shape index (κ1) is 17.0. The number of benzene rings is 1. The summed E-state index contributed by atoms with van der Waals surface area (Å²) in [5.41, 5.74) is 0.0306. The molecule has 0 bridgehead atoms. The van der Waals surface area contributed by atoms with E-state index in [1.54, 1.807) is 23.9 Å². The minimum atomic E-state index is -0.736. The summed E-state index contributed by atoms with van der Waals surface area (Å²) in [6.07, 6.45) is 2.49. The van der Waals surface area contributed by atoms with Gasteiger partial charge in [-0.1, -0.05) is 12.1 Å². The zero-order chi connectivity index (χ0) is 15.2. The Morgan fingerprint density at radius 3 is 2.50 bits per heavy atom. The van der Waals surface area contributed by atoms with Crippen LogP contribution in [0, 0.1) is 5.82 Å². The van der Waals surface area contributed by atoms with Crippen molar-refractivity contribution in [2.24, 2.45) is 0 Å². The Balaban J connectivity index is 2.80. The van der Waals surface area contributed by atoms with Crippen molar-refractivity contribution in [2.75, 3.05) is 18.6 Å². The molecular weight excluding hydrogens is 277 g/mol. The molecular formula is C15H22FNO2S. The van der Waals surface area contributed by atoms with Gasteiger partial charge in [-0.15, -0.1) is 0 Å². The van der Waals surface area contributed by atoms with Crippen molar-refractivity contribution in [2.45, 2.75) is 31.7 Å². The van der Waals surface area contributed by atoms with Gasteiger partial charge in [-0.05, 0) is 44.2 Å². The highest BCUT2D eigenvalue weighted by Gasteiger charge is 2.31. The molecule has 0 spiro atoms. The van der Waals surface area contributed by atoms with E-state index in [0.29, 0.717) is 6.42 Å². The Bertz CT molecular complexity index is 428. The van der Waals surface area contributed by atoms with Gasteiger partial charge in [0.2, 0.25) is 5.91 Å². The lowest BCUT2D eigenvalue weighted by atomic mass is 9.83. The van der Waals surface area contributed by atoms with Crippen LogP contribution in [-0.4, -0.2) is 35.7 Å². The van der Waals surface area contributed by atoms with Crippen LogP contribution < -0.4 is 5.32 Å². The predicted octanol–water partition coefficient (Wildman–Crippen LogP) is 2.33. The van der Waals surface area contributed by atoms with Crippen molar-refractivity contribution >= 4 is 17.7 Å². The van der Waals surface area contributed by atoms with Crippen LogP contribution in [0.4, 0.5) is 4.39 Å². The first-order valence-corrected chi connectivity index (χ1v) is 7.98. The molecule has 0 aliphatic rings. The summed E-state index contributed by atoms with van der Waals surface area (Å²) in [4.78, 5) is 12.4. The highest BCUT2D eigenvalue weighted by molar-refractivity contribution is 7.98. The van der Waals surface area contributed by atoms with Crippen molar-refractivity contribution < 1.29 is 14.3 Å². The molecule has 0 saturated carbocycles. The standard InChI is InChI=1S/C15H22FNO2S/c1-15(2,11-4-6-12(16)7-5-11)14(19)17-13(8-9-18)10-20-3/h4-7,13,18H,8-10H2,1-3H3,(H,17,19). The number of carbonyl (C=O) groups is 1. The van der Waals surface area contributed by atoms with Crippen LogP contribution >= 0.6 is 11.8 Å². The average Bonchev–Trinajstić information content (AvgIpc) is 2.39. The molecule has 0 saturated heterocycles. The number of hydrogen-bond acceptors (Lipinski definition) is 3. The number of amides is 1. The van der Waals surface area contributed by atoms with E-state index in [0.717, 1.165) is 11.3 Å². The van der Waals surface area contributed by atoms with Gasteiger partial charge in [0.25, 0.3) is 0 Å². The van der Waals surface area contributed by atoms with Gasteiger partial charge in [-0.3, -0.25) is 4.79 Å². The second kappa shape index (κ2) is 7.64. The number of carbonyl (C=O) groups excluding carboxylic acids is 1. The lowest BCUT2D eigenvalue weighted by molar-refractivity contribution is -0.126. The third-order valence-corrected chi connectivity index (χ3v) is 4.05. The Morgan fingerprint density at radius 2 is 2.00 bits per heavy atom. The third-order valence-electron chi connectivity index (χ3n) is 3.31. The van der Waals surface area contributed by atoms with Crippen LogP contribution in [0.2, 0.25) is 0 Å². The molecule has 112 valence electrons. The fraction of sp³-hybridized carbons (Fsp3) is 0.533. The molecule has 0 aliphatic heterocycles. The molecule has 0 heterocycles. The zero-order valence-electron chi connectivity index (χ0n) is 12.1. The topological polar surface area (TPSA) is 49.3 Å². The van der Waals surface area contributed by atoms with Gasteiger partial charge in [0.1, 0.15) is 5.82 Å². The average molecular weight is 299 g/mol. The molecule has 3 nitrogen and oxygen atoms in total. The number of rotatable bonds is 7. The molecule has 0 aliphatic carbocycles. The van der Waals surface area contributed by atoms with Gasteiger partial charge in [0, 0.05) is 18.4 Å². The van der Waals surface area contributed by atoms with Gasteiger partial charge < -0.3 is 10.4 Å². The summed E-state index contributed by atoms with van der Waals surface area (Å²) >= 11 is 1.62. The summed E-state index contributed by atoms with van der Waals surface area (Å²) in [6, 6.07) is 5.92. The van der Waals surface area contributed by atoms with E-state index in [9.17, 15) is 9.18 Å². The smallest absolute Gasteiger partial charge is 0.230 e. The molecule has 0 radical (unpaired) electrons. The number of nitrogens with one attached hydrogen (secondary N) is 1. The quantitative estimate of drug-likeness (QED) is 0.812. The highest BCUT2D eigenvalue weighted by atomic mass is 32.2. The second-order valence-corrected chi connectivity index (χ2v) is 6.18. The van der Waals surface area contributed by atoms with E-state index in [-0.39, 0.29) is 24.4 Å². The van der Waals surface area contributed by atoms with Crippen LogP contribution in [0.5, 0.6) is 0 Å². The lowest BCUT2D eigenvalue weighted by Crippen LogP contribution is -2.46. The zero-order valence-corrected chi connectivity index (χ0v) is 13.0. The summed E-state index contributed by atoms with van der Waals surface area (Å²) < 4.78 is 13.0. The molecule has 1 amide bonds. The summed E-state index contributed by atoms with van der Waals surface area (Å²) in [7, 11) is 0. The maximum Gasteiger partial charge on any atom is 0.230 e. The maximum absolute atomic E-state index is 13.0. The van der Waals surface area contributed by atoms with E-state index < -0.39 is 5.41 Å². The van der Waals surface area contributed by atoms with Crippen molar-refractivity contribution in [1.29, 1.82) is 0 Å². The van der Waals surface area contributed by atoms with E-state index in [1.165, 1.54) is 12.1 Å². The Kier molecular flexibility index (Phi) is 6.49. The monoisotopic (exact) mass is 299 g/mol. The molecule has 1 aromatic rings. The lowest BCUT2D eigenvalue weighted by Gasteiger charge is -2.27. The minimum Gasteiger partial charge on any atom is -0.396 e. The molecule has 1 atom stereocenters. The molecule has 2 N–H and O–H groups in total. The molecule has 1 unspecified atom stereocenters. The van der Waals surface area contributed by atoms with Crippen LogP contribution in [0.15, 0.2) is 24.3 Å². The van der Waals surface area contributed by atoms with Crippen LogP contribution in [0.1, 0.15) is 25.8 Å². The normalized spacial score (nSPS) is 13.1. The van der Waals surface area contributed by atoms with Crippen molar-refractivity contribution in [3.05, 3.63) is 35.6 Å². The molecule has 1 aromatic carbocycles. The molecule has 0 fully saturated rings. The summed E-state index contributed by atoms with van der Waals surface area (Å²) in [5.74, 6) is 0.327. The SMILES string of the molecule is CSCC(CCO)NC(=O)C(C)(C)c1ccc(F)cc1. The number of aliphatic hydroxyl groups is 1. The highest BCUT2D eigenvalue weighted by Crippen LogP contribution is 2.24. The van der Waals surface area contributed by atoms with Crippen molar-refractivity contribution in [1.82, 2.24) is 5.32 Å². The van der Waals surface area contributed by atoms with Gasteiger partial charge in [-0.2, -0.15) is 11.8 Å². The molecule has 5 heteroatoms. The molecule has 20 heavy (non-hydrogen) atoms. The number of thioether (sulfide) groups is 1. The van der Waals surface area contributed by atoms with Gasteiger partial charge >= 0.3 is 0 Å². The Morgan fingerprint density at radius 1 is 1.40 bits per heavy atom. The van der Waals surface area contributed by atoms with Crippen molar-refractivity contribution in [3.8, 4) is 0 Å².